The van der Waals surface area contributed by atoms with Crippen molar-refractivity contribution >= 4 is 23.5 Å². The standard InChI is InChI=1S/C23H31F2NO5S/c1-22(2,3)31-20(27)26-12-4-5-19(26)23(25,16-10-13-28-14-11-16)15-29-21(32)30-18-8-6-17(24)7-9-18/h6-9,16,19H,4-5,10-15H2,1-3H3/t19-,23-/m1/s1. The van der Waals surface area contributed by atoms with Crippen LogP contribution in [0.15, 0.2) is 24.3 Å². The fraction of sp³-hybridized carbons (Fsp3) is 0.652. The van der Waals surface area contributed by atoms with Gasteiger partial charge in [-0.1, -0.05) is 0 Å². The Morgan fingerprint density at radius 1 is 1.19 bits per heavy atom. The van der Waals surface area contributed by atoms with Gasteiger partial charge in [-0.15, -0.1) is 0 Å². The zero-order valence-corrected chi connectivity index (χ0v) is 19.6. The molecule has 0 saturated carbocycles. The number of rotatable bonds is 5. The lowest BCUT2D eigenvalue weighted by molar-refractivity contribution is -0.0812. The van der Waals surface area contributed by atoms with E-state index in [1.807, 2.05) is 0 Å². The number of carbonyl (C=O) groups excluding carboxylic acids is 1. The molecule has 0 aromatic heterocycles. The van der Waals surface area contributed by atoms with Gasteiger partial charge in [0, 0.05) is 37.9 Å². The molecule has 0 spiro atoms. The van der Waals surface area contributed by atoms with Crippen molar-refractivity contribution in [3.63, 3.8) is 0 Å². The van der Waals surface area contributed by atoms with Crippen LogP contribution in [-0.4, -0.2) is 59.9 Å². The summed E-state index contributed by atoms with van der Waals surface area (Å²) in [5, 5.41) is -0.257. The third-order valence-electron chi connectivity index (χ3n) is 5.76. The quantitative estimate of drug-likeness (QED) is 0.561. The van der Waals surface area contributed by atoms with E-state index in [4.69, 9.17) is 31.2 Å². The number of benzene rings is 1. The van der Waals surface area contributed by atoms with E-state index < -0.39 is 29.2 Å². The number of amides is 1. The maximum absolute atomic E-state index is 16.8. The zero-order valence-electron chi connectivity index (χ0n) is 18.8. The molecule has 9 heteroatoms. The smallest absolute Gasteiger partial charge is 0.410 e. The van der Waals surface area contributed by atoms with Gasteiger partial charge in [0.2, 0.25) is 0 Å². The summed E-state index contributed by atoms with van der Waals surface area (Å²) in [5.41, 5.74) is -2.53. The largest absolute Gasteiger partial charge is 0.453 e. The van der Waals surface area contributed by atoms with E-state index in [0.717, 1.165) is 0 Å². The van der Waals surface area contributed by atoms with Crippen molar-refractivity contribution in [2.24, 2.45) is 5.92 Å². The van der Waals surface area contributed by atoms with Gasteiger partial charge in [0.1, 0.15) is 23.8 Å². The number of thiocarbonyl (C=S) groups is 1. The van der Waals surface area contributed by atoms with E-state index >= 15 is 4.39 Å². The Hall–Kier alpha value is -2.00. The lowest BCUT2D eigenvalue weighted by atomic mass is 9.78. The van der Waals surface area contributed by atoms with Gasteiger partial charge in [0.25, 0.3) is 0 Å². The number of hydrogen-bond acceptors (Lipinski definition) is 6. The van der Waals surface area contributed by atoms with Crippen LogP contribution in [0.1, 0.15) is 46.5 Å². The minimum Gasteiger partial charge on any atom is -0.453 e. The topological polar surface area (TPSA) is 57.2 Å². The van der Waals surface area contributed by atoms with Gasteiger partial charge < -0.3 is 23.8 Å². The molecule has 0 radical (unpaired) electrons. The number of ether oxygens (including phenoxy) is 4. The molecule has 2 aliphatic heterocycles. The zero-order chi connectivity index (χ0) is 23.4. The molecule has 1 aromatic rings. The predicted molar refractivity (Wildman–Crippen MR) is 119 cm³/mol. The molecule has 3 rings (SSSR count). The number of hydrogen-bond donors (Lipinski definition) is 0. The van der Waals surface area contributed by atoms with Crippen molar-refractivity contribution in [1.82, 2.24) is 4.90 Å². The maximum Gasteiger partial charge on any atom is 0.410 e. The highest BCUT2D eigenvalue weighted by Crippen LogP contribution is 2.41. The molecule has 0 N–H and O–H groups in total. The lowest BCUT2D eigenvalue weighted by Gasteiger charge is -2.43. The molecular weight excluding hydrogens is 440 g/mol. The summed E-state index contributed by atoms with van der Waals surface area (Å²) in [7, 11) is 0. The normalized spacial score (nSPS) is 21.7. The monoisotopic (exact) mass is 471 g/mol. The van der Waals surface area contributed by atoms with Crippen LogP contribution in [0.3, 0.4) is 0 Å². The molecule has 2 atom stereocenters. The Bertz CT molecular complexity index is 795. The molecule has 2 heterocycles. The van der Waals surface area contributed by atoms with Gasteiger partial charge >= 0.3 is 11.3 Å². The van der Waals surface area contributed by atoms with Gasteiger partial charge in [-0.05, 0) is 70.7 Å². The second-order valence-corrected chi connectivity index (χ2v) is 9.57. The highest BCUT2D eigenvalue weighted by Gasteiger charge is 2.53. The Morgan fingerprint density at radius 2 is 1.84 bits per heavy atom. The van der Waals surface area contributed by atoms with Crippen molar-refractivity contribution in [2.45, 2.75) is 63.8 Å². The fourth-order valence-electron chi connectivity index (χ4n) is 4.27. The second-order valence-electron chi connectivity index (χ2n) is 9.24. The lowest BCUT2D eigenvalue weighted by Crippen LogP contribution is -2.57. The van der Waals surface area contributed by atoms with Gasteiger partial charge in [-0.3, -0.25) is 0 Å². The van der Waals surface area contributed by atoms with E-state index in [1.165, 1.54) is 29.2 Å². The van der Waals surface area contributed by atoms with Gasteiger partial charge in [0.05, 0.1) is 6.04 Å². The first-order chi connectivity index (χ1) is 15.1. The third kappa shape index (κ3) is 6.28. The van der Waals surface area contributed by atoms with Crippen LogP contribution in [-0.2, 0) is 14.2 Å². The van der Waals surface area contributed by atoms with Crippen molar-refractivity contribution in [3.8, 4) is 5.75 Å². The summed E-state index contributed by atoms with van der Waals surface area (Å²) < 4.78 is 51.8. The summed E-state index contributed by atoms with van der Waals surface area (Å²) in [5.74, 6) is -0.476. The molecule has 32 heavy (non-hydrogen) atoms. The predicted octanol–water partition coefficient (Wildman–Crippen LogP) is 5.04. The fourth-order valence-corrected chi connectivity index (χ4v) is 4.42. The number of halogens is 2. The molecule has 2 aliphatic rings. The summed E-state index contributed by atoms with van der Waals surface area (Å²) in [4.78, 5) is 14.3. The first-order valence-corrected chi connectivity index (χ1v) is 11.4. The van der Waals surface area contributed by atoms with Gasteiger partial charge in [-0.25, -0.2) is 13.6 Å². The highest BCUT2D eigenvalue weighted by atomic mass is 32.1. The molecule has 2 saturated heterocycles. The minimum atomic E-state index is -1.85. The van der Waals surface area contributed by atoms with Crippen molar-refractivity contribution in [1.29, 1.82) is 0 Å². The Labute approximate surface area is 193 Å². The number of alkyl halides is 1. The van der Waals surface area contributed by atoms with Crippen molar-refractivity contribution in [3.05, 3.63) is 30.1 Å². The molecule has 2 fully saturated rings. The molecule has 178 valence electrons. The molecule has 0 unspecified atom stereocenters. The number of likely N-dealkylation sites (tertiary alicyclic amines) is 1. The van der Waals surface area contributed by atoms with E-state index in [-0.39, 0.29) is 17.8 Å². The molecule has 1 amide bonds. The Morgan fingerprint density at radius 3 is 2.47 bits per heavy atom. The Kier molecular flexibility index (Phi) is 7.92. The summed E-state index contributed by atoms with van der Waals surface area (Å²) in [6.45, 7) is 6.31. The van der Waals surface area contributed by atoms with Crippen molar-refractivity contribution in [2.75, 3.05) is 26.4 Å². The van der Waals surface area contributed by atoms with Crippen LogP contribution in [0, 0.1) is 11.7 Å². The van der Waals surface area contributed by atoms with E-state index in [1.54, 1.807) is 20.8 Å². The van der Waals surface area contributed by atoms with Gasteiger partial charge in [0.15, 0.2) is 5.67 Å². The highest BCUT2D eigenvalue weighted by molar-refractivity contribution is 7.79. The van der Waals surface area contributed by atoms with E-state index in [0.29, 0.717) is 51.2 Å². The molecule has 0 bridgehead atoms. The minimum absolute atomic E-state index is 0.257. The molecular formula is C23H31F2NO5S. The van der Waals surface area contributed by atoms with Crippen LogP contribution in [0.4, 0.5) is 13.6 Å². The summed E-state index contributed by atoms with van der Waals surface area (Å²) in [6, 6.07) is 4.59. The number of nitrogens with zero attached hydrogens (tertiary/aromatic N) is 1. The van der Waals surface area contributed by atoms with E-state index in [2.05, 4.69) is 0 Å². The molecule has 1 aromatic carbocycles. The van der Waals surface area contributed by atoms with Crippen molar-refractivity contribution < 1.29 is 32.5 Å². The Balaban J connectivity index is 1.74. The third-order valence-corrected chi connectivity index (χ3v) is 5.96. The number of carbonyl (C=O) groups is 1. The SMILES string of the molecule is CC(C)(C)OC(=O)N1CCC[C@@H]1[C@@](F)(COC(=S)Oc1ccc(F)cc1)C1CCOCC1. The van der Waals surface area contributed by atoms with Crippen LogP contribution in [0.2, 0.25) is 0 Å². The average Bonchev–Trinajstić information content (AvgIpc) is 3.24. The first kappa shape index (κ1) is 24.6. The molecule has 6 nitrogen and oxygen atoms in total. The summed E-state index contributed by atoms with van der Waals surface area (Å²) >= 11 is 5.13. The first-order valence-electron chi connectivity index (χ1n) is 10.9. The van der Waals surface area contributed by atoms with Crippen LogP contribution >= 0.6 is 12.2 Å². The maximum atomic E-state index is 16.8. The average molecular weight is 472 g/mol. The van der Waals surface area contributed by atoms with Gasteiger partial charge in [-0.2, -0.15) is 0 Å². The van der Waals surface area contributed by atoms with Crippen LogP contribution in [0.25, 0.3) is 0 Å². The van der Waals surface area contributed by atoms with E-state index in [9.17, 15) is 9.18 Å². The summed E-state index contributed by atoms with van der Waals surface area (Å²) in [6.07, 6.45) is 1.69. The van der Waals surface area contributed by atoms with Crippen LogP contribution < -0.4 is 4.74 Å². The second kappa shape index (κ2) is 10.3. The van der Waals surface area contributed by atoms with Crippen LogP contribution in [0.5, 0.6) is 5.75 Å². The molecule has 0 aliphatic carbocycles.